The van der Waals surface area contributed by atoms with Crippen molar-refractivity contribution in [3.05, 3.63) is 0 Å². The van der Waals surface area contributed by atoms with E-state index in [1.54, 1.807) is 0 Å². The second kappa shape index (κ2) is 10.4. The van der Waals surface area contributed by atoms with E-state index in [1.165, 1.54) is 0 Å². The molecule has 0 unspecified atom stereocenters. The minimum Gasteiger partial charge on any atom is -0.416 e. The van der Waals surface area contributed by atoms with Crippen LogP contribution in [0.4, 0.5) is 9.59 Å². The van der Waals surface area contributed by atoms with Gasteiger partial charge in [0.1, 0.15) is 6.79 Å². The van der Waals surface area contributed by atoms with Gasteiger partial charge in [0, 0.05) is 23.2 Å². The predicted octanol–water partition coefficient (Wildman–Crippen LogP) is 0.623. The number of hydrogen-bond acceptors (Lipinski definition) is 6. The maximum atomic E-state index is 9.73. The summed E-state index contributed by atoms with van der Waals surface area (Å²) in [6.07, 6.45) is 0. The van der Waals surface area contributed by atoms with Gasteiger partial charge in [-0.2, -0.15) is 0 Å². The summed E-state index contributed by atoms with van der Waals surface area (Å²) in [5.41, 5.74) is -2.10. The number of carbonyl (C=O) groups excluding carboxylic acids is 2. The van der Waals surface area contributed by atoms with E-state index in [0.29, 0.717) is 0 Å². The van der Waals surface area contributed by atoms with Crippen LogP contribution >= 0.6 is 23.2 Å². The highest BCUT2D eigenvalue weighted by Crippen LogP contribution is 1.90. The van der Waals surface area contributed by atoms with Gasteiger partial charge >= 0.3 is 10.9 Å². The van der Waals surface area contributed by atoms with Gasteiger partial charge in [0.15, 0.2) is 0 Å². The van der Waals surface area contributed by atoms with Crippen molar-refractivity contribution in [3.63, 3.8) is 0 Å². The smallest absolute Gasteiger partial charge is 0.406 e. The molecule has 0 aliphatic carbocycles. The molecule has 0 heterocycles. The third-order valence-corrected chi connectivity index (χ3v) is 0.563. The standard InChI is InChI=1S/C3H2Cl2O4.CH4O2/c4-2(6)8-1-9-3(5)7;2-1-3/h1H2;2-3H,1H2. The quantitative estimate of drug-likeness (QED) is 0.524. The molecular formula is C4H6Cl2O6. The zero-order chi connectivity index (χ0) is 9.98. The van der Waals surface area contributed by atoms with E-state index in [-0.39, 0.29) is 0 Å². The van der Waals surface area contributed by atoms with Gasteiger partial charge in [0.25, 0.3) is 0 Å². The monoisotopic (exact) mass is 220 g/mol. The molecule has 72 valence electrons. The largest absolute Gasteiger partial charge is 0.416 e. The van der Waals surface area contributed by atoms with Crippen LogP contribution in [-0.4, -0.2) is 34.7 Å². The minimum absolute atomic E-state index is 0.551. The van der Waals surface area contributed by atoms with Crippen LogP contribution in [0.1, 0.15) is 0 Å². The normalized spacial score (nSPS) is 7.67. The molecule has 0 saturated carbocycles. The van der Waals surface area contributed by atoms with Crippen LogP contribution < -0.4 is 0 Å². The van der Waals surface area contributed by atoms with E-state index in [2.05, 4.69) is 32.7 Å². The third-order valence-electron chi connectivity index (χ3n) is 0.345. The summed E-state index contributed by atoms with van der Waals surface area (Å²) in [5, 5.41) is 14.2. The molecule has 0 aliphatic heterocycles. The van der Waals surface area contributed by atoms with Gasteiger partial charge in [0.05, 0.1) is 0 Å². The lowest BCUT2D eigenvalue weighted by Gasteiger charge is -1.96. The predicted molar refractivity (Wildman–Crippen MR) is 38.8 cm³/mol. The van der Waals surface area contributed by atoms with E-state index in [4.69, 9.17) is 10.2 Å². The van der Waals surface area contributed by atoms with Crippen molar-refractivity contribution in [2.24, 2.45) is 0 Å². The van der Waals surface area contributed by atoms with E-state index in [1.807, 2.05) is 0 Å². The molecule has 2 N–H and O–H groups in total. The van der Waals surface area contributed by atoms with Gasteiger partial charge in [-0.3, -0.25) is 0 Å². The Balaban J connectivity index is 0. The molecule has 0 fully saturated rings. The number of aliphatic hydroxyl groups is 2. The Bertz CT molecular complexity index is 124. The van der Waals surface area contributed by atoms with Crippen LogP contribution in [0.15, 0.2) is 0 Å². The van der Waals surface area contributed by atoms with E-state index in [9.17, 15) is 9.59 Å². The van der Waals surface area contributed by atoms with Crippen LogP contribution in [0.3, 0.4) is 0 Å². The zero-order valence-corrected chi connectivity index (χ0v) is 7.21. The van der Waals surface area contributed by atoms with Crippen LogP contribution in [0, 0.1) is 0 Å². The second-order valence-electron chi connectivity index (χ2n) is 1.02. The first kappa shape index (κ1) is 14.0. The number of rotatable bonds is 2. The maximum Gasteiger partial charge on any atom is 0.406 e. The topological polar surface area (TPSA) is 93.1 Å². The molecule has 0 atom stereocenters. The fourth-order valence-corrected chi connectivity index (χ4v) is 0.211. The van der Waals surface area contributed by atoms with Gasteiger partial charge in [0.2, 0.25) is 6.79 Å². The van der Waals surface area contributed by atoms with E-state index in [0.717, 1.165) is 0 Å². The van der Waals surface area contributed by atoms with Gasteiger partial charge in [-0.05, 0) is 0 Å². The molecule has 0 rings (SSSR count). The van der Waals surface area contributed by atoms with Crippen molar-refractivity contribution in [1.29, 1.82) is 0 Å². The van der Waals surface area contributed by atoms with Crippen molar-refractivity contribution in [2.75, 3.05) is 13.6 Å². The second-order valence-corrected chi connectivity index (χ2v) is 1.64. The Kier molecular flexibility index (Phi) is 12.2. The number of hydrogen-bond donors (Lipinski definition) is 2. The third kappa shape index (κ3) is 22.7. The Morgan fingerprint density at radius 3 is 1.50 bits per heavy atom. The van der Waals surface area contributed by atoms with Crippen LogP contribution in [0.25, 0.3) is 0 Å². The fourth-order valence-electron chi connectivity index (χ4n) is 0.122. The molecule has 0 aromatic carbocycles. The van der Waals surface area contributed by atoms with Crippen LogP contribution in [-0.2, 0) is 9.47 Å². The van der Waals surface area contributed by atoms with E-state index >= 15 is 0 Å². The highest BCUT2D eigenvalue weighted by Gasteiger charge is 1.97. The zero-order valence-electron chi connectivity index (χ0n) is 5.70. The highest BCUT2D eigenvalue weighted by molar-refractivity contribution is 6.61. The lowest BCUT2D eigenvalue weighted by molar-refractivity contribution is 0.0475. The van der Waals surface area contributed by atoms with Gasteiger partial charge in [-0.15, -0.1) is 0 Å². The molecule has 0 amide bonds. The Hall–Kier alpha value is -0.560. The Morgan fingerprint density at radius 1 is 1.08 bits per heavy atom. The number of carbonyl (C=O) groups is 2. The first-order chi connectivity index (χ1) is 5.54. The highest BCUT2D eigenvalue weighted by atomic mass is 35.5. The molecule has 8 heteroatoms. The summed E-state index contributed by atoms with van der Waals surface area (Å²) < 4.78 is 7.90. The molecule has 12 heavy (non-hydrogen) atoms. The summed E-state index contributed by atoms with van der Waals surface area (Å²) in [7, 11) is 0. The fraction of sp³-hybridized carbons (Fsp3) is 0.500. The molecule has 0 aromatic heterocycles. The molecule has 0 radical (unpaired) electrons. The number of ether oxygens (including phenoxy) is 2. The summed E-state index contributed by atoms with van der Waals surface area (Å²) in [5.74, 6) is 0. The number of aliphatic hydroxyl groups excluding tert-OH is 1. The number of halogens is 2. The van der Waals surface area contributed by atoms with Crippen molar-refractivity contribution >= 4 is 34.1 Å². The minimum atomic E-state index is -1.05. The van der Waals surface area contributed by atoms with Crippen molar-refractivity contribution in [1.82, 2.24) is 0 Å². The average molecular weight is 221 g/mol. The molecular weight excluding hydrogens is 215 g/mol. The molecule has 0 aromatic rings. The van der Waals surface area contributed by atoms with Crippen molar-refractivity contribution in [2.45, 2.75) is 0 Å². The maximum absolute atomic E-state index is 9.73. The van der Waals surface area contributed by atoms with Crippen molar-refractivity contribution < 1.29 is 29.3 Å². The molecule has 0 aliphatic rings. The lowest BCUT2D eigenvalue weighted by atomic mass is 11.3. The average Bonchev–Trinajstić information content (AvgIpc) is 1.87. The first-order valence-electron chi connectivity index (χ1n) is 2.40. The molecule has 0 bridgehead atoms. The Labute approximate surface area is 77.6 Å². The Morgan fingerprint density at radius 2 is 1.33 bits per heavy atom. The van der Waals surface area contributed by atoms with E-state index < -0.39 is 24.4 Å². The van der Waals surface area contributed by atoms with Crippen LogP contribution in [0.2, 0.25) is 0 Å². The van der Waals surface area contributed by atoms with Gasteiger partial charge < -0.3 is 19.7 Å². The van der Waals surface area contributed by atoms with Crippen LogP contribution in [0.5, 0.6) is 0 Å². The summed E-state index contributed by atoms with van der Waals surface area (Å²) in [4.78, 5) is 19.5. The summed E-state index contributed by atoms with van der Waals surface area (Å²) in [6.45, 7) is -1.30. The summed E-state index contributed by atoms with van der Waals surface area (Å²) >= 11 is 9.33. The molecule has 0 saturated heterocycles. The molecule has 6 nitrogen and oxygen atoms in total. The van der Waals surface area contributed by atoms with Crippen molar-refractivity contribution in [3.8, 4) is 0 Å². The molecule has 0 spiro atoms. The lowest BCUT2D eigenvalue weighted by Crippen LogP contribution is -2.02. The summed E-state index contributed by atoms with van der Waals surface area (Å²) in [6, 6.07) is 0. The van der Waals surface area contributed by atoms with Gasteiger partial charge in [-0.25, -0.2) is 9.59 Å². The van der Waals surface area contributed by atoms with Gasteiger partial charge in [-0.1, -0.05) is 0 Å². The SMILES string of the molecule is O=C(Cl)OCOC(=O)Cl.OCO. The first-order valence-corrected chi connectivity index (χ1v) is 3.16.